The van der Waals surface area contributed by atoms with E-state index in [0.717, 1.165) is 32.2 Å². The summed E-state index contributed by atoms with van der Waals surface area (Å²) >= 11 is 5.74. The molecule has 1 aromatic rings. The summed E-state index contributed by atoms with van der Waals surface area (Å²) in [6.07, 6.45) is 4.02. The van der Waals surface area contributed by atoms with Gasteiger partial charge < -0.3 is 10.1 Å². The molecule has 1 saturated carbocycles. The lowest BCUT2D eigenvalue weighted by molar-refractivity contribution is -0.0167. The molecule has 4 heteroatoms. The Morgan fingerprint density at radius 1 is 1.47 bits per heavy atom. The minimum Gasteiger partial charge on any atom is -0.484 e. The lowest BCUT2D eigenvalue weighted by atomic mass is 9.77. The normalized spacial score (nSPS) is 17.6. The van der Waals surface area contributed by atoms with Gasteiger partial charge in [0.05, 0.1) is 5.02 Å². The zero-order valence-electron chi connectivity index (χ0n) is 9.93. The molecule has 0 aliphatic heterocycles. The van der Waals surface area contributed by atoms with Gasteiger partial charge in [0.15, 0.2) is 11.6 Å². The van der Waals surface area contributed by atoms with Crippen molar-refractivity contribution in [2.24, 2.45) is 0 Å². The van der Waals surface area contributed by atoms with Gasteiger partial charge in [-0.2, -0.15) is 0 Å². The van der Waals surface area contributed by atoms with Gasteiger partial charge in [-0.15, -0.1) is 0 Å². The van der Waals surface area contributed by atoms with E-state index in [2.05, 4.69) is 5.32 Å². The summed E-state index contributed by atoms with van der Waals surface area (Å²) in [6.45, 7) is 0.877. The molecular weight excluding hydrogens is 241 g/mol. The van der Waals surface area contributed by atoms with Gasteiger partial charge in [-0.05, 0) is 51.4 Å². The number of hydrogen-bond donors (Lipinski definition) is 1. The van der Waals surface area contributed by atoms with E-state index in [4.69, 9.17) is 16.3 Å². The zero-order valence-corrected chi connectivity index (χ0v) is 10.7. The van der Waals surface area contributed by atoms with Crippen molar-refractivity contribution in [1.82, 2.24) is 5.32 Å². The Morgan fingerprint density at radius 2 is 2.24 bits per heavy atom. The summed E-state index contributed by atoms with van der Waals surface area (Å²) in [5, 5.41) is 3.22. The molecule has 0 saturated heterocycles. The number of nitrogens with one attached hydrogen (secondary N) is 1. The Kier molecular flexibility index (Phi) is 3.89. The molecule has 0 bridgehead atoms. The Balaban J connectivity index is 2.10. The standard InChI is InChI=1S/C13H17ClFNO/c1-16-9-8-13(6-3-7-13)17-11-5-2-4-10(14)12(11)15/h2,4-5,16H,3,6-9H2,1H3. The fraction of sp³-hybridized carbons (Fsp3) is 0.538. The minimum absolute atomic E-state index is 0.116. The van der Waals surface area contributed by atoms with Crippen molar-refractivity contribution in [3.63, 3.8) is 0 Å². The van der Waals surface area contributed by atoms with Crippen molar-refractivity contribution in [1.29, 1.82) is 0 Å². The Bertz CT molecular complexity index is 393. The quantitative estimate of drug-likeness (QED) is 0.873. The fourth-order valence-electron chi connectivity index (χ4n) is 2.12. The van der Waals surface area contributed by atoms with Crippen LogP contribution in [0.4, 0.5) is 4.39 Å². The van der Waals surface area contributed by atoms with Crippen LogP contribution in [0.5, 0.6) is 5.75 Å². The molecule has 1 N–H and O–H groups in total. The van der Waals surface area contributed by atoms with E-state index in [1.807, 2.05) is 7.05 Å². The van der Waals surface area contributed by atoms with Gasteiger partial charge in [-0.3, -0.25) is 0 Å². The maximum Gasteiger partial charge on any atom is 0.183 e. The van der Waals surface area contributed by atoms with Crippen LogP contribution in [0.25, 0.3) is 0 Å². The van der Waals surface area contributed by atoms with Gasteiger partial charge in [0, 0.05) is 0 Å². The maximum atomic E-state index is 13.7. The fourth-order valence-corrected chi connectivity index (χ4v) is 2.29. The minimum atomic E-state index is -0.454. The van der Waals surface area contributed by atoms with Gasteiger partial charge in [-0.25, -0.2) is 4.39 Å². The smallest absolute Gasteiger partial charge is 0.183 e. The van der Waals surface area contributed by atoms with E-state index in [1.54, 1.807) is 12.1 Å². The second-order valence-electron chi connectivity index (χ2n) is 4.54. The number of ether oxygens (including phenoxy) is 1. The van der Waals surface area contributed by atoms with Gasteiger partial charge in [-0.1, -0.05) is 17.7 Å². The van der Waals surface area contributed by atoms with Crippen LogP contribution in [0, 0.1) is 5.82 Å². The Labute approximate surface area is 106 Å². The number of halogens is 2. The van der Waals surface area contributed by atoms with Crippen molar-refractivity contribution in [2.75, 3.05) is 13.6 Å². The number of benzene rings is 1. The second kappa shape index (κ2) is 5.23. The highest BCUT2D eigenvalue weighted by Gasteiger charge is 2.39. The molecule has 0 spiro atoms. The first-order chi connectivity index (χ1) is 8.17. The van der Waals surface area contributed by atoms with Crippen LogP contribution in [0.15, 0.2) is 18.2 Å². The molecule has 1 aromatic carbocycles. The third-order valence-electron chi connectivity index (χ3n) is 3.34. The molecule has 0 amide bonds. The lowest BCUT2D eigenvalue weighted by Gasteiger charge is -2.42. The predicted molar refractivity (Wildman–Crippen MR) is 67.2 cm³/mol. The molecular formula is C13H17ClFNO. The van der Waals surface area contributed by atoms with Gasteiger partial charge in [0.1, 0.15) is 5.60 Å². The topological polar surface area (TPSA) is 21.3 Å². The van der Waals surface area contributed by atoms with E-state index in [-0.39, 0.29) is 16.4 Å². The molecule has 1 aliphatic carbocycles. The average molecular weight is 258 g/mol. The highest BCUT2D eigenvalue weighted by Crippen LogP contribution is 2.40. The van der Waals surface area contributed by atoms with Crippen LogP contribution >= 0.6 is 11.6 Å². The van der Waals surface area contributed by atoms with Gasteiger partial charge in [0.25, 0.3) is 0 Å². The molecule has 0 unspecified atom stereocenters. The monoisotopic (exact) mass is 257 g/mol. The number of hydrogen-bond acceptors (Lipinski definition) is 2. The van der Waals surface area contributed by atoms with Crippen LogP contribution in [0.1, 0.15) is 25.7 Å². The number of rotatable bonds is 5. The summed E-state index contributed by atoms with van der Waals surface area (Å²) in [5.74, 6) is -0.182. The first-order valence-electron chi connectivity index (χ1n) is 5.94. The first-order valence-corrected chi connectivity index (χ1v) is 6.32. The largest absolute Gasteiger partial charge is 0.484 e. The van der Waals surface area contributed by atoms with E-state index in [9.17, 15) is 4.39 Å². The van der Waals surface area contributed by atoms with Crippen LogP contribution in [-0.4, -0.2) is 19.2 Å². The summed E-state index contributed by atoms with van der Waals surface area (Å²) < 4.78 is 19.6. The molecule has 0 aromatic heterocycles. The molecule has 1 aliphatic rings. The zero-order chi connectivity index (χ0) is 12.3. The SMILES string of the molecule is CNCCC1(Oc2cccc(Cl)c2F)CCC1. The van der Waals surface area contributed by atoms with Crippen LogP contribution in [0.2, 0.25) is 5.02 Å². The molecule has 2 rings (SSSR count). The van der Waals surface area contributed by atoms with Crippen molar-refractivity contribution >= 4 is 11.6 Å². The van der Waals surface area contributed by atoms with Crippen molar-refractivity contribution in [3.05, 3.63) is 29.0 Å². The third-order valence-corrected chi connectivity index (χ3v) is 3.63. The van der Waals surface area contributed by atoms with Gasteiger partial charge >= 0.3 is 0 Å². The van der Waals surface area contributed by atoms with E-state index >= 15 is 0 Å². The molecule has 2 nitrogen and oxygen atoms in total. The highest BCUT2D eigenvalue weighted by molar-refractivity contribution is 6.30. The Hall–Kier alpha value is -0.800. The Morgan fingerprint density at radius 3 is 2.82 bits per heavy atom. The third kappa shape index (κ3) is 2.72. The molecule has 0 radical (unpaired) electrons. The first kappa shape index (κ1) is 12.7. The maximum absolute atomic E-state index is 13.7. The molecule has 1 fully saturated rings. The van der Waals surface area contributed by atoms with Crippen LogP contribution in [-0.2, 0) is 0 Å². The molecule has 0 heterocycles. The second-order valence-corrected chi connectivity index (χ2v) is 4.95. The molecule has 0 atom stereocenters. The van der Waals surface area contributed by atoms with E-state index in [1.165, 1.54) is 6.07 Å². The van der Waals surface area contributed by atoms with Crippen LogP contribution < -0.4 is 10.1 Å². The summed E-state index contributed by atoms with van der Waals surface area (Å²) in [5.41, 5.74) is -0.200. The summed E-state index contributed by atoms with van der Waals surface area (Å²) in [6, 6.07) is 4.89. The highest BCUT2D eigenvalue weighted by atomic mass is 35.5. The van der Waals surface area contributed by atoms with Crippen molar-refractivity contribution in [3.8, 4) is 5.75 Å². The average Bonchev–Trinajstić information content (AvgIpc) is 2.28. The molecule has 94 valence electrons. The predicted octanol–water partition coefficient (Wildman–Crippen LogP) is 3.39. The summed E-state index contributed by atoms with van der Waals surface area (Å²) in [4.78, 5) is 0. The molecule has 17 heavy (non-hydrogen) atoms. The van der Waals surface area contributed by atoms with E-state index < -0.39 is 5.82 Å². The van der Waals surface area contributed by atoms with Gasteiger partial charge in [0.2, 0.25) is 0 Å². The van der Waals surface area contributed by atoms with Crippen molar-refractivity contribution < 1.29 is 9.13 Å². The summed E-state index contributed by atoms with van der Waals surface area (Å²) in [7, 11) is 1.91. The van der Waals surface area contributed by atoms with E-state index in [0.29, 0.717) is 0 Å². The van der Waals surface area contributed by atoms with Crippen LogP contribution in [0.3, 0.4) is 0 Å². The van der Waals surface area contributed by atoms with Crippen molar-refractivity contribution in [2.45, 2.75) is 31.3 Å². The lowest BCUT2D eigenvalue weighted by Crippen LogP contribution is -2.45.